The van der Waals surface area contributed by atoms with Crippen LogP contribution in [0.25, 0.3) is 10.9 Å². The lowest BCUT2D eigenvalue weighted by atomic mass is 10.1. The van der Waals surface area contributed by atoms with E-state index in [-0.39, 0.29) is 0 Å². The van der Waals surface area contributed by atoms with Gasteiger partial charge in [-0.3, -0.25) is 0 Å². The molecule has 2 heterocycles. The van der Waals surface area contributed by atoms with Gasteiger partial charge in [-0.2, -0.15) is 4.98 Å². The number of nitrogens with zero attached hydrogens (tertiary/aromatic N) is 4. The number of rotatable bonds is 6. The van der Waals surface area contributed by atoms with Crippen LogP contribution in [0.5, 0.6) is 11.5 Å². The maximum absolute atomic E-state index is 6.17. The Bertz CT molecular complexity index is 799. The van der Waals surface area contributed by atoms with Crippen LogP contribution in [0.4, 0.5) is 11.8 Å². The van der Waals surface area contributed by atoms with Gasteiger partial charge < -0.3 is 24.9 Å². The Balaban J connectivity index is 1.82. The fourth-order valence-electron chi connectivity index (χ4n) is 2.89. The smallest absolute Gasteiger partial charge is 0.227 e. The zero-order chi connectivity index (χ0) is 18.5. The molecule has 0 radical (unpaired) electrons. The van der Waals surface area contributed by atoms with E-state index in [0.29, 0.717) is 29.9 Å². The van der Waals surface area contributed by atoms with Gasteiger partial charge in [-0.25, -0.2) is 4.98 Å². The summed E-state index contributed by atoms with van der Waals surface area (Å²) in [7, 11) is 3.19. The number of methoxy groups -OCH3 is 2. The Labute approximate surface area is 152 Å². The van der Waals surface area contributed by atoms with Gasteiger partial charge in [0.15, 0.2) is 11.5 Å². The minimum atomic E-state index is 0.427. The van der Waals surface area contributed by atoms with Crippen molar-refractivity contribution in [3.8, 4) is 11.5 Å². The second-order valence-corrected chi connectivity index (χ2v) is 6.11. The summed E-state index contributed by atoms with van der Waals surface area (Å²) in [5, 5.41) is 4.95. The van der Waals surface area contributed by atoms with E-state index >= 15 is 0 Å². The quantitative estimate of drug-likeness (QED) is 0.625. The first-order valence-corrected chi connectivity index (χ1v) is 8.78. The fraction of sp³-hybridized carbons (Fsp3) is 0.500. The van der Waals surface area contributed by atoms with Gasteiger partial charge in [0.1, 0.15) is 12.4 Å². The van der Waals surface area contributed by atoms with Crippen molar-refractivity contribution < 1.29 is 14.3 Å². The summed E-state index contributed by atoms with van der Waals surface area (Å²) < 4.78 is 10.7. The van der Waals surface area contributed by atoms with Crippen LogP contribution in [0.1, 0.15) is 26.2 Å². The number of fused-ring (bicyclic) bond motifs is 1. The average Bonchev–Trinajstić information content (AvgIpc) is 2.67. The highest BCUT2D eigenvalue weighted by atomic mass is 16.6. The Morgan fingerprint density at radius 1 is 1.12 bits per heavy atom. The maximum Gasteiger partial charge on any atom is 0.227 e. The van der Waals surface area contributed by atoms with E-state index in [1.54, 1.807) is 20.3 Å². The summed E-state index contributed by atoms with van der Waals surface area (Å²) in [6.07, 6.45) is 2.62. The molecule has 1 aromatic carbocycles. The molecule has 0 amide bonds. The van der Waals surface area contributed by atoms with Gasteiger partial charge in [0.2, 0.25) is 5.95 Å². The van der Waals surface area contributed by atoms with Crippen LogP contribution >= 0.6 is 0 Å². The van der Waals surface area contributed by atoms with Crippen molar-refractivity contribution in [3.05, 3.63) is 12.1 Å². The SMILES string of the molecule is CCCON=C1CCN(c2nc(N)c3cc(OC)c(OC)cc3n2)CC1. The zero-order valence-corrected chi connectivity index (χ0v) is 15.5. The number of oxime groups is 1. The average molecular weight is 359 g/mol. The van der Waals surface area contributed by atoms with Gasteiger partial charge in [0, 0.05) is 37.4 Å². The molecule has 140 valence electrons. The van der Waals surface area contributed by atoms with Crippen LogP contribution in [0, 0.1) is 0 Å². The number of benzene rings is 1. The summed E-state index contributed by atoms with van der Waals surface area (Å²) in [4.78, 5) is 16.6. The van der Waals surface area contributed by atoms with Crippen molar-refractivity contribution in [1.82, 2.24) is 9.97 Å². The van der Waals surface area contributed by atoms with Crippen LogP contribution in [0.15, 0.2) is 17.3 Å². The molecule has 0 bridgehead atoms. The third-order valence-corrected chi connectivity index (χ3v) is 4.33. The molecule has 8 nitrogen and oxygen atoms in total. The summed E-state index contributed by atoms with van der Waals surface area (Å²) in [6.45, 7) is 4.29. The number of aromatic nitrogens is 2. The number of nitrogen functional groups attached to an aromatic ring is 1. The van der Waals surface area contributed by atoms with Crippen LogP contribution in [-0.2, 0) is 4.84 Å². The van der Waals surface area contributed by atoms with E-state index in [1.807, 2.05) is 6.07 Å². The Hall–Kier alpha value is -2.77. The first-order chi connectivity index (χ1) is 12.7. The lowest BCUT2D eigenvalue weighted by molar-refractivity contribution is 0.143. The van der Waals surface area contributed by atoms with E-state index in [2.05, 4.69) is 26.9 Å². The molecule has 1 aliphatic rings. The standard InChI is InChI=1S/C18H25N5O3/c1-4-9-26-22-12-5-7-23(8-6-12)18-20-14-11-16(25-3)15(24-2)10-13(14)17(19)21-18/h10-11H,4-9H2,1-3H3,(H2,19,20,21). The van der Waals surface area contributed by atoms with Crippen LogP contribution < -0.4 is 20.1 Å². The highest BCUT2D eigenvalue weighted by Gasteiger charge is 2.20. The molecule has 8 heteroatoms. The van der Waals surface area contributed by atoms with Gasteiger partial charge in [-0.1, -0.05) is 12.1 Å². The number of ether oxygens (including phenoxy) is 2. The highest BCUT2D eigenvalue weighted by molar-refractivity contribution is 5.92. The van der Waals surface area contributed by atoms with Gasteiger partial charge in [0.05, 0.1) is 25.4 Å². The number of hydrogen-bond acceptors (Lipinski definition) is 8. The Kier molecular flexibility index (Phi) is 5.60. The van der Waals surface area contributed by atoms with E-state index in [0.717, 1.165) is 49.0 Å². The van der Waals surface area contributed by atoms with Crippen molar-refractivity contribution in [1.29, 1.82) is 0 Å². The summed E-state index contributed by atoms with van der Waals surface area (Å²) >= 11 is 0. The van der Waals surface area contributed by atoms with Crippen LogP contribution in [-0.4, -0.2) is 49.6 Å². The van der Waals surface area contributed by atoms with Gasteiger partial charge >= 0.3 is 0 Å². The van der Waals surface area contributed by atoms with Crippen molar-refractivity contribution in [2.24, 2.45) is 5.16 Å². The number of hydrogen-bond donors (Lipinski definition) is 1. The highest BCUT2D eigenvalue weighted by Crippen LogP contribution is 2.34. The van der Waals surface area contributed by atoms with E-state index in [4.69, 9.17) is 20.0 Å². The predicted octanol–water partition coefficient (Wildman–Crippen LogP) is 2.61. The van der Waals surface area contributed by atoms with Crippen LogP contribution in [0.2, 0.25) is 0 Å². The van der Waals surface area contributed by atoms with Crippen molar-refractivity contribution in [3.63, 3.8) is 0 Å². The molecular formula is C18H25N5O3. The van der Waals surface area contributed by atoms with E-state index in [9.17, 15) is 0 Å². The van der Waals surface area contributed by atoms with E-state index in [1.165, 1.54) is 0 Å². The van der Waals surface area contributed by atoms with Crippen molar-refractivity contribution in [2.45, 2.75) is 26.2 Å². The Morgan fingerprint density at radius 2 is 1.81 bits per heavy atom. The Morgan fingerprint density at radius 3 is 2.46 bits per heavy atom. The lowest BCUT2D eigenvalue weighted by Gasteiger charge is -2.27. The number of piperidine rings is 1. The third kappa shape index (κ3) is 3.74. The molecule has 2 N–H and O–H groups in total. The summed E-state index contributed by atoms with van der Waals surface area (Å²) in [5.74, 6) is 2.27. The molecule has 0 spiro atoms. The molecule has 1 aromatic heterocycles. The van der Waals surface area contributed by atoms with Gasteiger partial charge in [-0.15, -0.1) is 0 Å². The number of nitrogens with two attached hydrogens (primary N) is 1. The maximum atomic E-state index is 6.17. The molecule has 1 fully saturated rings. The van der Waals surface area contributed by atoms with Crippen molar-refractivity contribution >= 4 is 28.4 Å². The number of anilines is 2. The summed E-state index contributed by atoms with van der Waals surface area (Å²) in [6, 6.07) is 3.63. The second-order valence-electron chi connectivity index (χ2n) is 6.11. The van der Waals surface area contributed by atoms with Crippen LogP contribution in [0.3, 0.4) is 0 Å². The molecule has 0 atom stereocenters. The summed E-state index contributed by atoms with van der Waals surface area (Å²) in [5.41, 5.74) is 7.98. The largest absolute Gasteiger partial charge is 0.493 e. The second kappa shape index (κ2) is 8.07. The normalized spacial score (nSPS) is 14.4. The topological polar surface area (TPSA) is 95.1 Å². The predicted molar refractivity (Wildman–Crippen MR) is 102 cm³/mol. The first-order valence-electron chi connectivity index (χ1n) is 8.78. The molecule has 26 heavy (non-hydrogen) atoms. The van der Waals surface area contributed by atoms with E-state index < -0.39 is 0 Å². The monoisotopic (exact) mass is 359 g/mol. The van der Waals surface area contributed by atoms with Crippen molar-refractivity contribution in [2.75, 3.05) is 44.5 Å². The van der Waals surface area contributed by atoms with Gasteiger partial charge in [-0.05, 0) is 12.5 Å². The molecule has 0 saturated carbocycles. The fourth-order valence-corrected chi connectivity index (χ4v) is 2.89. The molecule has 0 unspecified atom stereocenters. The zero-order valence-electron chi connectivity index (χ0n) is 15.5. The minimum absolute atomic E-state index is 0.427. The van der Waals surface area contributed by atoms with Gasteiger partial charge in [0.25, 0.3) is 0 Å². The molecule has 0 aliphatic carbocycles. The minimum Gasteiger partial charge on any atom is -0.493 e. The molecule has 2 aromatic rings. The first kappa shape index (κ1) is 18.0. The third-order valence-electron chi connectivity index (χ3n) is 4.33. The molecule has 1 aliphatic heterocycles. The molecular weight excluding hydrogens is 334 g/mol. The molecule has 1 saturated heterocycles. The lowest BCUT2D eigenvalue weighted by Crippen LogP contribution is -2.35. The molecule has 3 rings (SSSR count).